The lowest BCUT2D eigenvalue weighted by Crippen LogP contribution is -2.29. The molecule has 0 saturated carbocycles. The first-order valence-corrected chi connectivity index (χ1v) is 5.93. The molecule has 0 aliphatic rings. The van der Waals surface area contributed by atoms with Gasteiger partial charge in [0.1, 0.15) is 5.75 Å². The second-order valence-electron chi connectivity index (χ2n) is 3.58. The van der Waals surface area contributed by atoms with Crippen LogP contribution in [0.5, 0.6) is 5.75 Å². The Bertz CT molecular complexity index is 383. The Morgan fingerprint density at radius 2 is 2.24 bits per heavy atom. The van der Waals surface area contributed by atoms with Crippen LogP contribution in [0.2, 0.25) is 5.02 Å². The van der Waals surface area contributed by atoms with E-state index in [1.807, 2.05) is 0 Å². The number of benzene rings is 1. The smallest absolute Gasteiger partial charge is 0.319 e. The summed E-state index contributed by atoms with van der Waals surface area (Å²) in [5, 5.41) is 5.88. The Balaban J connectivity index is 2.53. The van der Waals surface area contributed by atoms with Crippen LogP contribution in [-0.4, -0.2) is 19.7 Å². The standard InChI is InChI=1S/C12H17ClN2O2/c1-3-4-7-14-12(16)15-11-6-5-9(17-2)8-10(11)13/h5-6,8H,3-4,7H2,1-2H3,(H2,14,15,16). The van der Waals surface area contributed by atoms with E-state index in [0.717, 1.165) is 12.8 Å². The number of rotatable bonds is 5. The van der Waals surface area contributed by atoms with Crippen molar-refractivity contribution in [2.75, 3.05) is 19.0 Å². The van der Waals surface area contributed by atoms with Crippen molar-refractivity contribution in [2.45, 2.75) is 19.8 Å². The summed E-state index contributed by atoms with van der Waals surface area (Å²) in [6, 6.07) is 4.86. The van der Waals surface area contributed by atoms with Gasteiger partial charge in [0, 0.05) is 12.6 Å². The zero-order valence-corrected chi connectivity index (χ0v) is 10.8. The summed E-state index contributed by atoms with van der Waals surface area (Å²) in [6.07, 6.45) is 2.01. The number of anilines is 1. The lowest BCUT2D eigenvalue weighted by atomic mass is 10.3. The van der Waals surface area contributed by atoms with E-state index in [2.05, 4.69) is 17.6 Å². The third kappa shape index (κ3) is 4.53. The molecule has 5 heteroatoms. The van der Waals surface area contributed by atoms with Crippen LogP contribution in [0.3, 0.4) is 0 Å². The first-order valence-electron chi connectivity index (χ1n) is 5.55. The number of unbranched alkanes of at least 4 members (excludes halogenated alkanes) is 1. The van der Waals surface area contributed by atoms with Gasteiger partial charge in [0.2, 0.25) is 0 Å². The molecule has 94 valence electrons. The molecular formula is C12H17ClN2O2. The number of nitrogens with one attached hydrogen (secondary N) is 2. The molecule has 0 fully saturated rings. The van der Waals surface area contributed by atoms with Crippen LogP contribution in [-0.2, 0) is 0 Å². The molecule has 0 unspecified atom stereocenters. The fourth-order valence-electron chi connectivity index (χ4n) is 1.27. The second kappa shape index (κ2) is 7.01. The molecule has 17 heavy (non-hydrogen) atoms. The van der Waals surface area contributed by atoms with Crippen molar-refractivity contribution in [3.8, 4) is 5.75 Å². The molecule has 0 aliphatic heterocycles. The number of urea groups is 1. The van der Waals surface area contributed by atoms with Gasteiger partial charge in [-0.15, -0.1) is 0 Å². The van der Waals surface area contributed by atoms with E-state index in [-0.39, 0.29) is 6.03 Å². The number of hydrogen-bond donors (Lipinski definition) is 2. The van der Waals surface area contributed by atoms with E-state index < -0.39 is 0 Å². The Morgan fingerprint density at radius 3 is 2.82 bits per heavy atom. The van der Waals surface area contributed by atoms with Gasteiger partial charge in [-0.05, 0) is 18.6 Å². The van der Waals surface area contributed by atoms with Gasteiger partial charge in [0.15, 0.2) is 0 Å². The Morgan fingerprint density at radius 1 is 1.47 bits per heavy atom. The molecule has 0 saturated heterocycles. The summed E-state index contributed by atoms with van der Waals surface area (Å²) in [6.45, 7) is 2.73. The van der Waals surface area contributed by atoms with Crippen LogP contribution < -0.4 is 15.4 Å². The highest BCUT2D eigenvalue weighted by atomic mass is 35.5. The van der Waals surface area contributed by atoms with Crippen LogP contribution in [0.15, 0.2) is 18.2 Å². The number of ether oxygens (including phenoxy) is 1. The van der Waals surface area contributed by atoms with E-state index in [9.17, 15) is 4.79 Å². The largest absolute Gasteiger partial charge is 0.497 e. The van der Waals surface area contributed by atoms with Crippen molar-refractivity contribution >= 4 is 23.3 Å². The van der Waals surface area contributed by atoms with E-state index in [1.165, 1.54) is 0 Å². The van der Waals surface area contributed by atoms with Crippen molar-refractivity contribution in [3.63, 3.8) is 0 Å². The highest BCUT2D eigenvalue weighted by Crippen LogP contribution is 2.26. The topological polar surface area (TPSA) is 50.4 Å². The van der Waals surface area contributed by atoms with Gasteiger partial charge >= 0.3 is 6.03 Å². The van der Waals surface area contributed by atoms with Crippen LogP contribution >= 0.6 is 11.6 Å². The van der Waals surface area contributed by atoms with E-state index in [1.54, 1.807) is 25.3 Å². The molecule has 0 radical (unpaired) electrons. The third-order valence-electron chi connectivity index (χ3n) is 2.24. The average molecular weight is 257 g/mol. The summed E-state index contributed by atoms with van der Waals surface area (Å²) in [7, 11) is 1.57. The zero-order valence-electron chi connectivity index (χ0n) is 10.0. The van der Waals surface area contributed by atoms with Crippen LogP contribution in [0.1, 0.15) is 19.8 Å². The minimum absolute atomic E-state index is 0.245. The SMILES string of the molecule is CCCCNC(=O)Nc1ccc(OC)cc1Cl. The van der Waals surface area contributed by atoms with Gasteiger partial charge in [0.05, 0.1) is 17.8 Å². The minimum atomic E-state index is -0.245. The number of amides is 2. The Hall–Kier alpha value is -1.42. The minimum Gasteiger partial charge on any atom is -0.497 e. The lowest BCUT2D eigenvalue weighted by molar-refractivity contribution is 0.252. The summed E-state index contributed by atoms with van der Waals surface area (Å²) in [5.41, 5.74) is 0.571. The molecule has 4 nitrogen and oxygen atoms in total. The molecule has 0 aromatic heterocycles. The third-order valence-corrected chi connectivity index (χ3v) is 2.55. The number of carbonyl (C=O) groups is 1. The number of halogens is 1. The highest BCUT2D eigenvalue weighted by Gasteiger charge is 2.05. The van der Waals surface area contributed by atoms with E-state index >= 15 is 0 Å². The maximum absolute atomic E-state index is 11.5. The Kier molecular flexibility index (Phi) is 5.63. The summed E-state index contributed by atoms with van der Waals surface area (Å²) < 4.78 is 5.02. The molecule has 1 aromatic rings. The van der Waals surface area contributed by atoms with Crippen LogP contribution in [0.25, 0.3) is 0 Å². The van der Waals surface area contributed by atoms with Crippen molar-refractivity contribution in [2.24, 2.45) is 0 Å². The molecule has 2 N–H and O–H groups in total. The van der Waals surface area contributed by atoms with Gasteiger partial charge in [-0.2, -0.15) is 0 Å². The molecule has 1 aromatic carbocycles. The quantitative estimate of drug-likeness (QED) is 0.795. The van der Waals surface area contributed by atoms with Gasteiger partial charge in [-0.25, -0.2) is 4.79 Å². The molecule has 0 spiro atoms. The second-order valence-corrected chi connectivity index (χ2v) is 3.99. The van der Waals surface area contributed by atoms with E-state index in [4.69, 9.17) is 16.3 Å². The highest BCUT2D eigenvalue weighted by molar-refractivity contribution is 6.33. The fraction of sp³-hybridized carbons (Fsp3) is 0.417. The molecule has 0 aliphatic carbocycles. The zero-order chi connectivity index (χ0) is 12.7. The van der Waals surface area contributed by atoms with Gasteiger partial charge in [-0.1, -0.05) is 24.9 Å². The molecule has 0 atom stereocenters. The molecular weight excluding hydrogens is 240 g/mol. The van der Waals surface area contributed by atoms with Crippen molar-refractivity contribution in [1.82, 2.24) is 5.32 Å². The first-order chi connectivity index (χ1) is 8.17. The summed E-state index contributed by atoms with van der Waals surface area (Å²) in [5.74, 6) is 0.659. The maximum atomic E-state index is 11.5. The lowest BCUT2D eigenvalue weighted by Gasteiger charge is -2.09. The monoisotopic (exact) mass is 256 g/mol. The predicted octanol–water partition coefficient (Wildman–Crippen LogP) is 3.27. The number of hydrogen-bond acceptors (Lipinski definition) is 2. The molecule has 2 amide bonds. The number of methoxy groups -OCH3 is 1. The van der Waals surface area contributed by atoms with Crippen molar-refractivity contribution in [3.05, 3.63) is 23.2 Å². The molecule has 0 bridgehead atoms. The van der Waals surface area contributed by atoms with Gasteiger partial charge < -0.3 is 15.4 Å². The van der Waals surface area contributed by atoms with Crippen molar-refractivity contribution in [1.29, 1.82) is 0 Å². The predicted molar refractivity (Wildman–Crippen MR) is 69.9 cm³/mol. The van der Waals surface area contributed by atoms with Crippen LogP contribution in [0, 0.1) is 0 Å². The number of carbonyl (C=O) groups excluding carboxylic acids is 1. The van der Waals surface area contributed by atoms with Gasteiger partial charge in [-0.3, -0.25) is 0 Å². The van der Waals surface area contributed by atoms with Gasteiger partial charge in [0.25, 0.3) is 0 Å². The first kappa shape index (κ1) is 13.6. The molecule has 1 rings (SSSR count). The Labute approximate surface area is 106 Å². The molecule has 0 heterocycles. The average Bonchev–Trinajstić information content (AvgIpc) is 2.32. The van der Waals surface area contributed by atoms with Crippen molar-refractivity contribution < 1.29 is 9.53 Å². The van der Waals surface area contributed by atoms with E-state index in [0.29, 0.717) is 23.0 Å². The summed E-state index contributed by atoms with van der Waals surface area (Å²) >= 11 is 5.99. The fourth-order valence-corrected chi connectivity index (χ4v) is 1.49. The summed E-state index contributed by atoms with van der Waals surface area (Å²) in [4.78, 5) is 11.5. The normalized spacial score (nSPS) is 9.82. The maximum Gasteiger partial charge on any atom is 0.319 e. The van der Waals surface area contributed by atoms with Crippen LogP contribution in [0.4, 0.5) is 10.5 Å².